The Kier molecular flexibility index (Phi) is 4.91. The molecular formula is C19H24N3O+. The van der Waals surface area contributed by atoms with E-state index in [0.29, 0.717) is 6.42 Å². The predicted molar refractivity (Wildman–Crippen MR) is 91.2 cm³/mol. The number of piperazine rings is 1. The molecule has 4 nitrogen and oxygen atoms in total. The normalized spacial score (nSPS) is 14.8. The van der Waals surface area contributed by atoms with Gasteiger partial charge in [0.1, 0.15) is 0 Å². The molecule has 1 aromatic carbocycles. The second-order valence-corrected chi connectivity index (χ2v) is 6.07. The molecule has 2 aromatic rings. The minimum atomic E-state index is 0.255. The lowest BCUT2D eigenvalue weighted by Gasteiger charge is -2.36. The summed E-state index contributed by atoms with van der Waals surface area (Å²) in [5.74, 6) is 0.255. The maximum absolute atomic E-state index is 12.4. The highest BCUT2D eigenvalue weighted by Crippen LogP contribution is 2.15. The third kappa shape index (κ3) is 4.09. The van der Waals surface area contributed by atoms with E-state index in [0.717, 1.165) is 32.7 Å². The smallest absolute Gasteiger partial charge is 0.229 e. The molecular weight excluding hydrogens is 286 g/mol. The summed E-state index contributed by atoms with van der Waals surface area (Å²) in [4.78, 5) is 16.7. The molecule has 3 rings (SSSR count). The summed E-state index contributed by atoms with van der Waals surface area (Å²) in [6.45, 7) is 6.26. The van der Waals surface area contributed by atoms with Crippen molar-refractivity contribution in [2.45, 2.75) is 19.9 Å². The highest BCUT2D eigenvalue weighted by Gasteiger charge is 2.21. The van der Waals surface area contributed by atoms with Crippen molar-refractivity contribution in [1.82, 2.24) is 4.90 Å². The van der Waals surface area contributed by atoms with Crippen molar-refractivity contribution in [3.8, 4) is 0 Å². The van der Waals surface area contributed by atoms with Gasteiger partial charge in [0.15, 0.2) is 18.9 Å². The Hall–Kier alpha value is -2.36. The molecule has 1 aromatic heterocycles. The fourth-order valence-electron chi connectivity index (χ4n) is 2.92. The number of benzene rings is 1. The largest absolute Gasteiger partial charge is 0.368 e. The molecule has 1 fully saturated rings. The molecule has 1 amide bonds. The van der Waals surface area contributed by atoms with Crippen molar-refractivity contribution in [1.29, 1.82) is 0 Å². The number of carbonyl (C=O) groups excluding carboxylic acids is 1. The highest BCUT2D eigenvalue weighted by molar-refractivity contribution is 5.76. The van der Waals surface area contributed by atoms with E-state index in [-0.39, 0.29) is 5.91 Å². The third-order valence-electron chi connectivity index (χ3n) is 4.40. The summed E-state index contributed by atoms with van der Waals surface area (Å²) >= 11 is 0. The first-order chi connectivity index (χ1) is 11.2. The summed E-state index contributed by atoms with van der Waals surface area (Å²) in [6.07, 6.45) is 4.64. The zero-order valence-corrected chi connectivity index (χ0v) is 13.7. The molecule has 0 atom stereocenters. The van der Waals surface area contributed by atoms with Crippen LogP contribution in [0.3, 0.4) is 0 Å². The van der Waals surface area contributed by atoms with Crippen LogP contribution in [0.25, 0.3) is 0 Å². The van der Waals surface area contributed by atoms with Crippen LogP contribution in [0, 0.1) is 6.92 Å². The van der Waals surface area contributed by atoms with Crippen molar-refractivity contribution in [2.24, 2.45) is 0 Å². The van der Waals surface area contributed by atoms with Gasteiger partial charge in [-0.05, 0) is 24.6 Å². The Morgan fingerprint density at radius 2 is 1.65 bits per heavy atom. The zero-order chi connectivity index (χ0) is 16.1. The van der Waals surface area contributed by atoms with Crippen LogP contribution < -0.4 is 9.47 Å². The number of aryl methyl sites for hydroxylation is 2. The van der Waals surface area contributed by atoms with Crippen molar-refractivity contribution < 1.29 is 9.36 Å². The van der Waals surface area contributed by atoms with E-state index < -0.39 is 0 Å². The van der Waals surface area contributed by atoms with Gasteiger partial charge in [-0.25, -0.2) is 4.57 Å². The minimum Gasteiger partial charge on any atom is -0.368 e. The highest BCUT2D eigenvalue weighted by atomic mass is 16.2. The van der Waals surface area contributed by atoms with Gasteiger partial charge in [0.2, 0.25) is 5.91 Å². The summed E-state index contributed by atoms with van der Waals surface area (Å²) in [5, 5.41) is 0. The van der Waals surface area contributed by atoms with Crippen molar-refractivity contribution >= 4 is 11.6 Å². The summed E-state index contributed by atoms with van der Waals surface area (Å²) in [5.41, 5.74) is 2.49. The predicted octanol–water partition coefficient (Wildman–Crippen LogP) is 2.02. The Morgan fingerprint density at radius 3 is 2.30 bits per heavy atom. The van der Waals surface area contributed by atoms with Crippen molar-refractivity contribution in [3.05, 3.63) is 60.4 Å². The average Bonchev–Trinajstić information content (AvgIpc) is 2.62. The molecule has 1 aliphatic heterocycles. The van der Waals surface area contributed by atoms with Gasteiger partial charge in [-0.2, -0.15) is 0 Å². The summed E-state index contributed by atoms with van der Waals surface area (Å²) in [7, 11) is 0. The van der Waals surface area contributed by atoms with Crippen LogP contribution >= 0.6 is 0 Å². The van der Waals surface area contributed by atoms with E-state index in [1.54, 1.807) is 0 Å². The van der Waals surface area contributed by atoms with Crippen molar-refractivity contribution in [2.75, 3.05) is 31.1 Å². The first-order valence-corrected chi connectivity index (χ1v) is 8.26. The van der Waals surface area contributed by atoms with Crippen molar-refractivity contribution in [3.63, 3.8) is 0 Å². The third-order valence-corrected chi connectivity index (χ3v) is 4.40. The van der Waals surface area contributed by atoms with Gasteiger partial charge in [-0.1, -0.05) is 18.2 Å². The van der Waals surface area contributed by atoms with E-state index in [4.69, 9.17) is 0 Å². The van der Waals surface area contributed by atoms with Gasteiger partial charge in [-0.15, -0.1) is 0 Å². The topological polar surface area (TPSA) is 27.4 Å². The van der Waals surface area contributed by atoms with E-state index in [9.17, 15) is 4.79 Å². The Labute approximate surface area is 138 Å². The number of rotatable bonds is 4. The summed E-state index contributed by atoms with van der Waals surface area (Å²) < 4.78 is 2.07. The van der Waals surface area contributed by atoms with Crippen LogP contribution in [0.2, 0.25) is 0 Å². The fourth-order valence-corrected chi connectivity index (χ4v) is 2.92. The molecule has 0 bridgehead atoms. The van der Waals surface area contributed by atoms with Crippen LogP contribution in [0.1, 0.15) is 12.0 Å². The Balaban J connectivity index is 1.47. The number of aromatic nitrogens is 1. The van der Waals surface area contributed by atoms with E-state index in [2.05, 4.69) is 52.8 Å². The molecule has 120 valence electrons. The number of hydrogen-bond donors (Lipinski definition) is 0. The van der Waals surface area contributed by atoms with Crippen LogP contribution in [0.15, 0.2) is 54.9 Å². The van der Waals surface area contributed by atoms with Gasteiger partial charge in [-0.3, -0.25) is 4.79 Å². The van der Waals surface area contributed by atoms with Crippen LogP contribution in [0.4, 0.5) is 5.69 Å². The van der Waals surface area contributed by atoms with Crippen LogP contribution in [-0.2, 0) is 11.3 Å². The SMILES string of the molecule is Cc1cc[n+](CCC(=O)N2CCN(c3ccccc3)CC2)cc1. The molecule has 1 saturated heterocycles. The lowest BCUT2D eigenvalue weighted by Crippen LogP contribution is -2.49. The van der Waals surface area contributed by atoms with Gasteiger partial charge < -0.3 is 9.80 Å². The lowest BCUT2D eigenvalue weighted by atomic mass is 10.2. The number of para-hydroxylation sites is 1. The van der Waals surface area contributed by atoms with Gasteiger partial charge in [0.25, 0.3) is 0 Å². The number of pyridine rings is 1. The Morgan fingerprint density at radius 1 is 1.00 bits per heavy atom. The van der Waals surface area contributed by atoms with E-state index in [1.807, 2.05) is 23.4 Å². The number of carbonyl (C=O) groups is 1. The second kappa shape index (κ2) is 7.27. The van der Waals surface area contributed by atoms with Gasteiger partial charge in [0.05, 0.1) is 6.42 Å². The standard InChI is InChI=1S/C19H24N3O/c1-17-7-10-20(11-8-17)12-9-19(23)22-15-13-21(14-16-22)18-5-3-2-4-6-18/h2-8,10-11H,9,12-16H2,1H3/q+1. The summed E-state index contributed by atoms with van der Waals surface area (Å²) in [6, 6.07) is 14.6. The first-order valence-electron chi connectivity index (χ1n) is 8.26. The van der Waals surface area contributed by atoms with E-state index >= 15 is 0 Å². The average molecular weight is 310 g/mol. The number of nitrogens with zero attached hydrogens (tertiary/aromatic N) is 3. The molecule has 4 heteroatoms. The van der Waals surface area contributed by atoms with Gasteiger partial charge in [0, 0.05) is 44.0 Å². The quantitative estimate of drug-likeness (QED) is 0.808. The monoisotopic (exact) mass is 310 g/mol. The van der Waals surface area contributed by atoms with Crippen LogP contribution in [0.5, 0.6) is 0 Å². The zero-order valence-electron chi connectivity index (χ0n) is 13.7. The maximum Gasteiger partial charge on any atom is 0.229 e. The Bertz CT molecular complexity index is 631. The molecule has 0 N–H and O–H groups in total. The fraction of sp³-hybridized carbons (Fsp3) is 0.368. The molecule has 0 spiro atoms. The maximum atomic E-state index is 12.4. The number of hydrogen-bond acceptors (Lipinski definition) is 2. The molecule has 23 heavy (non-hydrogen) atoms. The molecule has 0 radical (unpaired) electrons. The van der Waals surface area contributed by atoms with Crippen LogP contribution in [-0.4, -0.2) is 37.0 Å². The number of anilines is 1. The molecule has 1 aliphatic rings. The second-order valence-electron chi connectivity index (χ2n) is 6.07. The molecule has 2 heterocycles. The lowest BCUT2D eigenvalue weighted by molar-refractivity contribution is -0.696. The molecule has 0 saturated carbocycles. The first kappa shape index (κ1) is 15.5. The molecule has 0 aliphatic carbocycles. The van der Waals surface area contributed by atoms with Gasteiger partial charge >= 0.3 is 0 Å². The molecule has 0 unspecified atom stereocenters. The minimum absolute atomic E-state index is 0.255. The van der Waals surface area contributed by atoms with E-state index in [1.165, 1.54) is 11.3 Å². The number of amides is 1.